The molecule has 1 aliphatic rings. The van der Waals surface area contributed by atoms with Crippen molar-refractivity contribution >= 4 is 11.6 Å². The minimum absolute atomic E-state index is 0.118. The number of carbonyl (C=O) groups is 1. The number of rotatable bonds is 3. The fourth-order valence-corrected chi connectivity index (χ4v) is 3.89. The number of carbonyl (C=O) groups excluding carboxylic acids is 1. The monoisotopic (exact) mass is 371 g/mol. The normalized spacial score (nSPS) is 14.6. The summed E-state index contributed by atoms with van der Waals surface area (Å²) in [6, 6.07) is 20.1. The summed E-state index contributed by atoms with van der Waals surface area (Å²) >= 11 is 0. The summed E-state index contributed by atoms with van der Waals surface area (Å²) in [5, 5.41) is 0. The number of amides is 1. The first-order valence-corrected chi connectivity index (χ1v) is 9.83. The van der Waals surface area contributed by atoms with Crippen LogP contribution in [0.1, 0.15) is 22.3 Å². The van der Waals surface area contributed by atoms with Gasteiger partial charge in [-0.15, -0.1) is 0 Å². The molecule has 0 aliphatic carbocycles. The van der Waals surface area contributed by atoms with Crippen LogP contribution in [-0.4, -0.2) is 42.0 Å². The minimum Gasteiger partial charge on any atom is -0.369 e. The summed E-state index contributed by atoms with van der Waals surface area (Å²) in [6.07, 6.45) is 4.70. The number of nitrogens with zero attached hydrogens (tertiary/aromatic N) is 3. The van der Waals surface area contributed by atoms with Gasteiger partial charge >= 0.3 is 0 Å². The topological polar surface area (TPSA) is 36.4 Å². The third kappa shape index (κ3) is 3.77. The van der Waals surface area contributed by atoms with Crippen molar-refractivity contribution in [2.75, 3.05) is 31.1 Å². The molecule has 1 saturated heterocycles. The number of hydrogen-bond acceptors (Lipinski definition) is 3. The smallest absolute Gasteiger partial charge is 0.254 e. The molecule has 0 spiro atoms. The molecule has 0 unspecified atom stereocenters. The van der Waals surface area contributed by atoms with Crippen LogP contribution in [-0.2, 0) is 0 Å². The van der Waals surface area contributed by atoms with Gasteiger partial charge in [-0.25, -0.2) is 0 Å². The van der Waals surface area contributed by atoms with E-state index in [4.69, 9.17) is 0 Å². The lowest BCUT2D eigenvalue weighted by molar-refractivity contribution is 0.0768. The molecule has 0 saturated carbocycles. The fraction of sp³-hybridized carbons (Fsp3) is 0.250. The first-order chi connectivity index (χ1) is 13.7. The number of anilines is 1. The molecule has 1 aliphatic heterocycles. The Balaban J connectivity index is 1.55. The average Bonchev–Trinajstić information content (AvgIpc) is 3.00. The Morgan fingerprint density at radius 3 is 2.50 bits per heavy atom. The van der Waals surface area contributed by atoms with Crippen molar-refractivity contribution in [3.8, 4) is 11.1 Å². The van der Waals surface area contributed by atoms with Gasteiger partial charge in [-0.2, -0.15) is 0 Å². The highest BCUT2D eigenvalue weighted by atomic mass is 16.2. The van der Waals surface area contributed by atoms with Crippen LogP contribution >= 0.6 is 0 Å². The summed E-state index contributed by atoms with van der Waals surface area (Å²) in [6.45, 7) is 5.39. The van der Waals surface area contributed by atoms with Crippen LogP contribution in [0.4, 0.5) is 5.69 Å². The van der Waals surface area contributed by atoms with Crippen LogP contribution in [0.5, 0.6) is 0 Å². The summed E-state index contributed by atoms with van der Waals surface area (Å²) in [4.78, 5) is 21.9. The van der Waals surface area contributed by atoms with Crippen molar-refractivity contribution in [2.24, 2.45) is 0 Å². The van der Waals surface area contributed by atoms with Crippen LogP contribution < -0.4 is 4.90 Å². The predicted octanol–water partition coefficient (Wildman–Crippen LogP) is 4.41. The zero-order chi connectivity index (χ0) is 19.3. The number of aryl methyl sites for hydroxylation is 1. The second-order valence-corrected chi connectivity index (χ2v) is 7.21. The fourth-order valence-electron chi connectivity index (χ4n) is 3.89. The van der Waals surface area contributed by atoms with Gasteiger partial charge in [0, 0.05) is 49.8 Å². The van der Waals surface area contributed by atoms with E-state index in [1.807, 2.05) is 59.8 Å². The van der Waals surface area contributed by atoms with E-state index in [-0.39, 0.29) is 5.91 Å². The van der Waals surface area contributed by atoms with Crippen molar-refractivity contribution in [3.05, 3.63) is 84.2 Å². The number of benzene rings is 2. The summed E-state index contributed by atoms with van der Waals surface area (Å²) < 4.78 is 0. The van der Waals surface area contributed by atoms with Crippen LogP contribution in [0.25, 0.3) is 11.1 Å². The standard InChI is InChI=1S/C24H25N3O/c1-19-18-25-13-12-23(19)26-14-7-15-27(17-16-26)24(28)22-11-6-5-10-21(22)20-8-3-2-4-9-20/h2-6,8-13,18H,7,14-17H2,1H3. The highest BCUT2D eigenvalue weighted by Crippen LogP contribution is 2.26. The van der Waals surface area contributed by atoms with E-state index in [9.17, 15) is 4.79 Å². The van der Waals surface area contributed by atoms with Gasteiger partial charge in [0.2, 0.25) is 0 Å². The molecule has 1 amide bonds. The first kappa shape index (κ1) is 18.2. The predicted molar refractivity (Wildman–Crippen MR) is 114 cm³/mol. The second-order valence-electron chi connectivity index (χ2n) is 7.21. The Bertz CT molecular complexity index is 955. The van der Waals surface area contributed by atoms with E-state index in [1.54, 1.807) is 0 Å². The Morgan fingerprint density at radius 2 is 1.68 bits per heavy atom. The molecule has 142 valence electrons. The summed E-state index contributed by atoms with van der Waals surface area (Å²) in [5.74, 6) is 0.118. The van der Waals surface area contributed by atoms with Crippen molar-refractivity contribution < 1.29 is 4.79 Å². The van der Waals surface area contributed by atoms with Gasteiger partial charge in [0.1, 0.15) is 0 Å². The Kier molecular flexibility index (Phi) is 5.38. The highest BCUT2D eigenvalue weighted by Gasteiger charge is 2.23. The third-order valence-corrected chi connectivity index (χ3v) is 5.36. The quantitative estimate of drug-likeness (QED) is 0.684. The molecule has 3 aromatic rings. The lowest BCUT2D eigenvalue weighted by Crippen LogP contribution is -2.35. The second kappa shape index (κ2) is 8.26. The maximum absolute atomic E-state index is 13.4. The van der Waals surface area contributed by atoms with Gasteiger partial charge in [0.25, 0.3) is 5.91 Å². The van der Waals surface area contributed by atoms with Crippen molar-refractivity contribution in [2.45, 2.75) is 13.3 Å². The zero-order valence-corrected chi connectivity index (χ0v) is 16.2. The SMILES string of the molecule is Cc1cnccc1N1CCCN(C(=O)c2ccccc2-c2ccccc2)CC1. The molecule has 28 heavy (non-hydrogen) atoms. The van der Waals surface area contributed by atoms with Gasteiger partial charge in [0.15, 0.2) is 0 Å². The number of aromatic nitrogens is 1. The van der Waals surface area contributed by atoms with Gasteiger partial charge in [-0.3, -0.25) is 9.78 Å². The van der Waals surface area contributed by atoms with Gasteiger partial charge < -0.3 is 9.80 Å². The minimum atomic E-state index is 0.118. The molecule has 4 heteroatoms. The van der Waals surface area contributed by atoms with Crippen LogP contribution in [0.3, 0.4) is 0 Å². The maximum atomic E-state index is 13.4. The van der Waals surface area contributed by atoms with E-state index in [0.717, 1.165) is 49.3 Å². The lowest BCUT2D eigenvalue weighted by Gasteiger charge is -2.25. The van der Waals surface area contributed by atoms with Crippen molar-refractivity contribution in [3.63, 3.8) is 0 Å². The molecular weight excluding hydrogens is 346 g/mol. The molecule has 4 nitrogen and oxygen atoms in total. The Hall–Kier alpha value is -3.14. The lowest BCUT2D eigenvalue weighted by atomic mass is 9.99. The summed E-state index contributed by atoms with van der Waals surface area (Å²) in [5.41, 5.74) is 5.25. The maximum Gasteiger partial charge on any atom is 0.254 e. The van der Waals surface area contributed by atoms with Crippen LogP contribution in [0.15, 0.2) is 73.1 Å². The van der Waals surface area contributed by atoms with Crippen molar-refractivity contribution in [1.82, 2.24) is 9.88 Å². The Morgan fingerprint density at radius 1 is 0.893 bits per heavy atom. The Labute approximate surface area is 166 Å². The molecular formula is C24H25N3O. The van der Waals surface area contributed by atoms with Crippen LogP contribution in [0.2, 0.25) is 0 Å². The summed E-state index contributed by atoms with van der Waals surface area (Å²) in [7, 11) is 0. The van der Waals surface area contributed by atoms with Crippen molar-refractivity contribution in [1.29, 1.82) is 0 Å². The number of pyridine rings is 1. The molecule has 1 aromatic heterocycles. The third-order valence-electron chi connectivity index (χ3n) is 5.36. The van der Waals surface area contributed by atoms with E-state index >= 15 is 0 Å². The molecule has 2 aromatic carbocycles. The van der Waals surface area contributed by atoms with Crippen LogP contribution in [0, 0.1) is 6.92 Å². The van der Waals surface area contributed by atoms with Gasteiger partial charge in [-0.1, -0.05) is 48.5 Å². The molecule has 1 fully saturated rings. The van der Waals surface area contributed by atoms with E-state index < -0.39 is 0 Å². The largest absolute Gasteiger partial charge is 0.369 e. The van der Waals surface area contributed by atoms with Gasteiger partial charge in [-0.05, 0) is 42.2 Å². The molecule has 2 heterocycles. The van der Waals surface area contributed by atoms with Gasteiger partial charge in [0.05, 0.1) is 0 Å². The molecule has 0 atom stereocenters. The molecule has 0 N–H and O–H groups in total. The molecule has 0 bridgehead atoms. The molecule has 0 radical (unpaired) electrons. The van der Waals surface area contributed by atoms with E-state index in [1.165, 1.54) is 11.3 Å². The highest BCUT2D eigenvalue weighted by molar-refractivity contribution is 6.01. The number of hydrogen-bond donors (Lipinski definition) is 0. The first-order valence-electron chi connectivity index (χ1n) is 9.83. The molecule has 4 rings (SSSR count). The van der Waals surface area contributed by atoms with E-state index in [2.05, 4.69) is 35.0 Å². The van der Waals surface area contributed by atoms with E-state index in [0.29, 0.717) is 0 Å². The average molecular weight is 371 g/mol. The zero-order valence-electron chi connectivity index (χ0n) is 16.2.